The molecule has 1 fully saturated rings. The monoisotopic (exact) mass is 808 g/mol. The van der Waals surface area contributed by atoms with Crippen molar-refractivity contribution in [3.8, 4) is 0 Å². The molecule has 2 heterocycles. The van der Waals surface area contributed by atoms with Gasteiger partial charge in [-0.3, -0.25) is 38.4 Å². The molecule has 1 aromatic heterocycles. The highest BCUT2D eigenvalue weighted by Gasteiger charge is 2.41. The van der Waals surface area contributed by atoms with Gasteiger partial charge < -0.3 is 63.3 Å². The van der Waals surface area contributed by atoms with Crippen LogP contribution >= 0.6 is 0 Å². The third-order valence-corrected chi connectivity index (χ3v) is 8.93. The number of aliphatic hydroxyl groups is 1. The van der Waals surface area contributed by atoms with E-state index in [1.807, 2.05) is 0 Å². The average Bonchev–Trinajstić information content (AvgIpc) is 3.80. The van der Waals surface area contributed by atoms with Crippen molar-refractivity contribution in [2.45, 2.75) is 128 Å². The van der Waals surface area contributed by atoms with E-state index in [2.05, 4.69) is 36.6 Å². The van der Waals surface area contributed by atoms with E-state index < -0.39 is 115 Å². The second-order valence-electron chi connectivity index (χ2n) is 14.9. The predicted molar refractivity (Wildman–Crippen MR) is 199 cm³/mol. The zero-order chi connectivity index (χ0) is 43.1. The molecule has 8 atom stereocenters. The minimum Gasteiger partial charge on any atom is -0.481 e. The van der Waals surface area contributed by atoms with Crippen LogP contribution in [0.3, 0.4) is 0 Å². The molecule has 22 heteroatoms. The number of hydrogen-bond acceptors (Lipinski definition) is 12. The molecule has 22 nitrogen and oxygen atoms in total. The van der Waals surface area contributed by atoms with E-state index in [-0.39, 0.29) is 44.1 Å². The molecule has 0 spiro atoms. The molecule has 0 aliphatic carbocycles. The Morgan fingerprint density at radius 3 is 1.86 bits per heavy atom. The Labute approximate surface area is 329 Å². The number of H-pyrrole nitrogens is 1. The maximum absolute atomic E-state index is 14.1. The Hall–Kier alpha value is -5.64. The minimum absolute atomic E-state index is 0.0172. The van der Waals surface area contributed by atoms with Gasteiger partial charge in [0.2, 0.25) is 41.4 Å². The molecule has 0 radical (unpaired) electrons. The molecule has 1 aliphatic rings. The number of carbonyl (C=O) groups excluding carboxylic acids is 7. The Balaban J connectivity index is 2.27. The van der Waals surface area contributed by atoms with E-state index in [4.69, 9.17) is 11.5 Å². The summed E-state index contributed by atoms with van der Waals surface area (Å²) in [7, 11) is 0. The van der Waals surface area contributed by atoms with Crippen LogP contribution in [0.15, 0.2) is 12.5 Å². The number of carboxylic acids is 2. The van der Waals surface area contributed by atoms with Crippen molar-refractivity contribution in [1.29, 1.82) is 0 Å². The van der Waals surface area contributed by atoms with Crippen molar-refractivity contribution in [3.63, 3.8) is 0 Å². The highest BCUT2D eigenvalue weighted by molar-refractivity contribution is 5.99. The molecule has 2 rings (SSSR count). The Kier molecular flexibility index (Phi) is 18.5. The molecule has 7 amide bonds. The van der Waals surface area contributed by atoms with Gasteiger partial charge in [-0.05, 0) is 44.4 Å². The molecule has 13 N–H and O–H groups in total. The van der Waals surface area contributed by atoms with Crippen molar-refractivity contribution in [3.05, 3.63) is 18.2 Å². The summed E-state index contributed by atoms with van der Waals surface area (Å²) in [6, 6.07) is -9.97. The number of amides is 7. The first-order chi connectivity index (χ1) is 26.6. The van der Waals surface area contributed by atoms with Crippen molar-refractivity contribution < 1.29 is 58.5 Å². The fourth-order valence-electron chi connectivity index (χ4n) is 6.15. The number of aliphatic hydroxyl groups excluding tert-OH is 1. The number of carboxylic acid groups (broad SMARTS) is 2. The summed E-state index contributed by atoms with van der Waals surface area (Å²) < 4.78 is 0. The zero-order valence-corrected chi connectivity index (χ0v) is 32.7. The van der Waals surface area contributed by atoms with Crippen molar-refractivity contribution in [1.82, 2.24) is 41.5 Å². The summed E-state index contributed by atoms with van der Waals surface area (Å²) >= 11 is 0. The molecule has 1 aliphatic heterocycles. The number of likely N-dealkylation sites (tertiary alicyclic amines) is 1. The largest absolute Gasteiger partial charge is 0.481 e. The Morgan fingerprint density at radius 1 is 0.807 bits per heavy atom. The van der Waals surface area contributed by atoms with E-state index in [9.17, 15) is 58.5 Å². The number of nitrogens with two attached hydrogens (primary N) is 2. The molecule has 0 bridgehead atoms. The minimum atomic E-state index is -1.81. The molecular weight excluding hydrogens is 752 g/mol. The lowest BCUT2D eigenvalue weighted by atomic mass is 10.0. The molecule has 0 unspecified atom stereocenters. The lowest BCUT2D eigenvalue weighted by Crippen LogP contribution is -2.60. The molecule has 1 aromatic rings. The van der Waals surface area contributed by atoms with Crippen molar-refractivity contribution in [2.75, 3.05) is 6.54 Å². The second kappa shape index (κ2) is 22.2. The smallest absolute Gasteiger partial charge is 0.328 e. The highest BCUT2D eigenvalue weighted by atomic mass is 16.4. The molecule has 318 valence electrons. The average molecular weight is 809 g/mol. The Morgan fingerprint density at radius 2 is 1.35 bits per heavy atom. The first-order valence-corrected chi connectivity index (χ1v) is 18.6. The van der Waals surface area contributed by atoms with Gasteiger partial charge in [-0.1, -0.05) is 27.7 Å². The van der Waals surface area contributed by atoms with Crippen LogP contribution < -0.4 is 38.1 Å². The summed E-state index contributed by atoms with van der Waals surface area (Å²) in [6.07, 6.45) is 0.288. The van der Waals surface area contributed by atoms with Gasteiger partial charge in [0.05, 0.1) is 31.3 Å². The molecular formula is C35H56N10O12. The lowest BCUT2D eigenvalue weighted by Gasteiger charge is -2.31. The quantitative estimate of drug-likeness (QED) is 0.0514. The van der Waals surface area contributed by atoms with Gasteiger partial charge in [-0.25, -0.2) is 9.78 Å². The molecule has 0 saturated carbocycles. The molecule has 57 heavy (non-hydrogen) atoms. The number of aromatic amines is 1. The number of nitrogens with zero attached hydrogens (tertiary/aromatic N) is 2. The van der Waals surface area contributed by atoms with E-state index >= 15 is 0 Å². The van der Waals surface area contributed by atoms with Gasteiger partial charge in [0.25, 0.3) is 0 Å². The maximum Gasteiger partial charge on any atom is 0.328 e. The SMILES string of the molecule is CC(C)C[C@H](NC(=O)[C@@H]1CCCN1C(=O)[C@H](CC(C)C)NC(=O)[C@H](CC(=O)O)NC(=O)[C@H](CC(N)=O)NC(=O)[C@@H](N)Cc1cnc[nH]1)C(=O)N[C@H](C(=O)O)[C@@H](C)O. The van der Waals surface area contributed by atoms with Gasteiger partial charge in [-0.2, -0.15) is 0 Å². The van der Waals surface area contributed by atoms with Gasteiger partial charge >= 0.3 is 11.9 Å². The fourth-order valence-corrected chi connectivity index (χ4v) is 6.15. The first-order valence-electron chi connectivity index (χ1n) is 18.6. The number of carbonyl (C=O) groups is 9. The van der Waals surface area contributed by atoms with E-state index in [0.29, 0.717) is 12.1 Å². The fraction of sp³-hybridized carbons (Fsp3) is 0.657. The standard InChI is InChI=1S/C35H56N10O12/c1-16(2)9-21(32(53)44-28(18(5)46)35(56)57)42-33(54)25-7-6-8-45(25)34(55)24(10-17(3)4)43-31(52)23(13-27(48)49)41-30(51)22(12-26(37)47)40-29(50)20(36)11-19-14-38-15-39-19/h14-18,20-25,28,46H,6-13,36H2,1-5H3,(H2,37,47)(H,38,39)(H,40,50)(H,41,51)(H,42,54)(H,43,52)(H,44,53)(H,48,49)(H,56,57)/t18-,20+,21+,22+,23+,24+,25+,28+/m1/s1. The summed E-state index contributed by atoms with van der Waals surface area (Å²) in [6.45, 7) is 8.31. The van der Waals surface area contributed by atoms with Crippen molar-refractivity contribution in [2.24, 2.45) is 23.3 Å². The van der Waals surface area contributed by atoms with Crippen LogP contribution in [0.1, 0.15) is 78.8 Å². The predicted octanol–water partition coefficient (Wildman–Crippen LogP) is -3.40. The van der Waals surface area contributed by atoms with Gasteiger partial charge in [-0.15, -0.1) is 0 Å². The summed E-state index contributed by atoms with van der Waals surface area (Å²) in [5.41, 5.74) is 11.7. The number of rotatable bonds is 23. The van der Waals surface area contributed by atoms with Crippen LogP contribution in [0.4, 0.5) is 0 Å². The normalized spacial score (nSPS) is 17.6. The number of hydrogen-bond donors (Lipinski definition) is 11. The topological polar surface area (TPSA) is 358 Å². The van der Waals surface area contributed by atoms with Crippen LogP contribution in [0, 0.1) is 11.8 Å². The molecule has 0 aromatic carbocycles. The summed E-state index contributed by atoms with van der Waals surface area (Å²) in [4.78, 5) is 124. The van der Waals surface area contributed by atoms with Gasteiger partial charge in [0.1, 0.15) is 30.2 Å². The molecule has 1 saturated heterocycles. The summed E-state index contributed by atoms with van der Waals surface area (Å²) in [5.74, 6) is -9.75. The van der Waals surface area contributed by atoms with Crippen LogP contribution in [0.5, 0.6) is 0 Å². The van der Waals surface area contributed by atoms with E-state index in [1.54, 1.807) is 27.7 Å². The number of aliphatic carboxylic acids is 2. The van der Waals surface area contributed by atoms with Crippen LogP contribution in [0.25, 0.3) is 0 Å². The number of aromatic nitrogens is 2. The van der Waals surface area contributed by atoms with E-state index in [0.717, 1.165) is 0 Å². The van der Waals surface area contributed by atoms with Crippen LogP contribution in [0.2, 0.25) is 0 Å². The first kappa shape index (κ1) is 47.5. The number of imidazole rings is 1. The third kappa shape index (κ3) is 15.4. The Bertz CT molecular complexity index is 1600. The van der Waals surface area contributed by atoms with Gasteiger partial charge in [0, 0.05) is 24.9 Å². The number of primary amides is 1. The third-order valence-electron chi connectivity index (χ3n) is 8.93. The van der Waals surface area contributed by atoms with Crippen molar-refractivity contribution >= 4 is 53.3 Å². The lowest BCUT2D eigenvalue weighted by molar-refractivity contribution is -0.146. The number of nitrogens with one attached hydrogen (secondary N) is 6. The zero-order valence-electron chi connectivity index (χ0n) is 32.7. The summed E-state index contributed by atoms with van der Waals surface area (Å²) in [5, 5.41) is 40.7. The maximum atomic E-state index is 14.1. The van der Waals surface area contributed by atoms with Gasteiger partial charge in [0.15, 0.2) is 6.04 Å². The second-order valence-corrected chi connectivity index (χ2v) is 14.9. The van der Waals surface area contributed by atoms with Crippen LogP contribution in [-0.2, 0) is 49.6 Å². The highest BCUT2D eigenvalue weighted by Crippen LogP contribution is 2.21. The van der Waals surface area contributed by atoms with E-state index in [1.165, 1.54) is 24.3 Å². The van der Waals surface area contributed by atoms with Crippen LogP contribution in [-0.4, -0.2) is 138 Å².